The second-order valence-corrected chi connectivity index (χ2v) is 20.6. The Morgan fingerprint density at radius 1 is 0.468 bits per heavy atom. The first-order chi connectivity index (χ1) is 37.6. The molecule has 2 unspecified atom stereocenters. The normalized spacial score (nSPS) is 14.3. The number of para-hydroxylation sites is 1. The summed E-state index contributed by atoms with van der Waals surface area (Å²) in [5.74, 6) is 0.553. The van der Waals surface area contributed by atoms with E-state index in [9.17, 15) is 0 Å². The summed E-state index contributed by atoms with van der Waals surface area (Å²) < 4.78 is 2.44. The van der Waals surface area contributed by atoms with Crippen LogP contribution in [0.2, 0.25) is 0 Å². The van der Waals surface area contributed by atoms with Gasteiger partial charge in [0.1, 0.15) is 0 Å². The van der Waals surface area contributed by atoms with Crippen LogP contribution in [-0.4, -0.2) is 4.57 Å². The van der Waals surface area contributed by atoms with E-state index in [1.165, 1.54) is 134 Å². The number of hydrogen-bond donors (Lipinski definition) is 0. The summed E-state index contributed by atoms with van der Waals surface area (Å²) in [6, 6.07) is 78.2. The van der Waals surface area contributed by atoms with E-state index < -0.39 is 0 Å². The van der Waals surface area contributed by atoms with Crippen LogP contribution in [0.1, 0.15) is 123 Å². The van der Waals surface area contributed by atoms with Gasteiger partial charge in [0.05, 0.1) is 5.69 Å². The van der Waals surface area contributed by atoms with Crippen molar-refractivity contribution >= 4 is 49.6 Å². The minimum atomic E-state index is -0.278. The molecule has 77 heavy (non-hydrogen) atoms. The third-order valence-corrected chi connectivity index (χ3v) is 15.8. The van der Waals surface area contributed by atoms with Gasteiger partial charge in [-0.1, -0.05) is 224 Å². The van der Waals surface area contributed by atoms with E-state index in [4.69, 9.17) is 0 Å². The van der Waals surface area contributed by atoms with E-state index in [-0.39, 0.29) is 5.41 Å². The number of fused-ring (bicyclic) bond motifs is 11. The number of benzene rings is 10. The second kappa shape index (κ2) is 23.5. The summed E-state index contributed by atoms with van der Waals surface area (Å²) in [5, 5.41) is 5.31. The van der Waals surface area contributed by atoms with Crippen LogP contribution in [-0.2, 0) is 18.4 Å². The van der Waals surface area contributed by atoms with Crippen LogP contribution in [0.5, 0.6) is 0 Å². The molecule has 0 fully saturated rings. The lowest BCUT2D eigenvalue weighted by Gasteiger charge is -2.32. The molecule has 10 aromatic carbocycles. The Hall–Kier alpha value is -7.94. The fourth-order valence-corrected chi connectivity index (χ4v) is 12.2. The molecule has 0 saturated heterocycles. The number of rotatable bonds is 7. The fourth-order valence-electron chi connectivity index (χ4n) is 12.2. The molecule has 2 aliphatic rings. The molecule has 0 bridgehead atoms. The van der Waals surface area contributed by atoms with Gasteiger partial charge in [-0.15, -0.1) is 0 Å². The van der Waals surface area contributed by atoms with Crippen LogP contribution >= 0.6 is 0 Å². The lowest BCUT2D eigenvalue weighted by atomic mass is 9.73. The molecule has 0 radical (unpaired) electrons. The lowest BCUT2D eigenvalue weighted by molar-refractivity contribution is 0.713. The van der Waals surface area contributed by atoms with Crippen molar-refractivity contribution < 1.29 is 0 Å². The van der Waals surface area contributed by atoms with Gasteiger partial charge in [0, 0.05) is 56.4 Å². The second-order valence-electron chi connectivity index (χ2n) is 20.6. The van der Waals surface area contributed by atoms with E-state index in [1.807, 2.05) is 27.7 Å². The van der Waals surface area contributed by atoms with Crippen LogP contribution in [0.3, 0.4) is 0 Å². The van der Waals surface area contributed by atoms with Crippen LogP contribution in [0.4, 0.5) is 17.1 Å². The number of nitrogens with zero attached hydrogens (tertiary/aromatic N) is 2. The predicted octanol–water partition coefficient (Wildman–Crippen LogP) is 21.5. The van der Waals surface area contributed by atoms with E-state index in [2.05, 4.69) is 277 Å². The molecule has 0 saturated carbocycles. The first-order valence-electron chi connectivity index (χ1n) is 28.4. The lowest BCUT2D eigenvalue weighted by Crippen LogP contribution is -2.23. The maximum absolute atomic E-state index is 2.49. The van der Waals surface area contributed by atoms with E-state index in [1.54, 1.807) is 0 Å². The quantitative estimate of drug-likeness (QED) is 0.154. The van der Waals surface area contributed by atoms with Gasteiger partial charge in [0.15, 0.2) is 0 Å². The SMILES string of the molecule is CC.CC.CCCn1c2ccccc2c2ccc(C)cc21.CCc1cccc(N(c2cccc(C)c2)c2cc3c(c4ccccc24)-c2ccc(C)cc2C3(C)c2ccccc2)c1.Cc1cccc2c1C(C)c1ccccc1-2. The number of hydrogen-bond acceptors (Lipinski definition) is 1. The molecule has 388 valence electrons. The summed E-state index contributed by atoms with van der Waals surface area (Å²) in [6.45, 7) is 27.0. The Morgan fingerprint density at radius 2 is 1.06 bits per heavy atom. The number of anilines is 3. The fraction of sp³-hybridized carbons (Fsp3) is 0.227. The Balaban J connectivity index is 0.000000163. The molecule has 0 N–H and O–H groups in total. The third-order valence-electron chi connectivity index (χ3n) is 15.8. The molecule has 11 aromatic rings. The van der Waals surface area contributed by atoms with Gasteiger partial charge in [-0.2, -0.15) is 0 Å². The van der Waals surface area contributed by atoms with Crippen LogP contribution < -0.4 is 4.90 Å². The van der Waals surface area contributed by atoms with Crippen molar-refractivity contribution in [2.24, 2.45) is 0 Å². The molecule has 1 aromatic heterocycles. The van der Waals surface area contributed by atoms with Gasteiger partial charge < -0.3 is 9.47 Å². The van der Waals surface area contributed by atoms with Crippen molar-refractivity contribution in [1.29, 1.82) is 0 Å². The summed E-state index contributed by atoms with van der Waals surface area (Å²) in [4.78, 5) is 2.47. The van der Waals surface area contributed by atoms with Crippen LogP contribution in [0.15, 0.2) is 212 Å². The first kappa shape index (κ1) is 53.9. The van der Waals surface area contributed by atoms with Gasteiger partial charge in [-0.3, -0.25) is 0 Å². The molecule has 2 aliphatic carbocycles. The predicted molar refractivity (Wildman–Crippen MR) is 336 cm³/mol. The Morgan fingerprint density at radius 3 is 1.81 bits per heavy atom. The van der Waals surface area contributed by atoms with Gasteiger partial charge in [0.2, 0.25) is 0 Å². The zero-order valence-corrected chi connectivity index (χ0v) is 47.8. The number of aromatic nitrogens is 1. The first-order valence-corrected chi connectivity index (χ1v) is 28.4. The average molecular weight is 1010 g/mol. The van der Waals surface area contributed by atoms with Crippen molar-refractivity contribution in [3.05, 3.63) is 268 Å². The highest BCUT2D eigenvalue weighted by atomic mass is 15.1. The Kier molecular flexibility index (Phi) is 16.5. The van der Waals surface area contributed by atoms with Crippen LogP contribution in [0.25, 0.3) is 54.8 Å². The van der Waals surface area contributed by atoms with Crippen molar-refractivity contribution in [2.75, 3.05) is 4.90 Å². The summed E-state index contributed by atoms with van der Waals surface area (Å²) in [6.07, 6.45) is 2.17. The highest BCUT2D eigenvalue weighted by molar-refractivity contribution is 6.11. The van der Waals surface area contributed by atoms with Gasteiger partial charge in [-0.05, 0) is 168 Å². The van der Waals surface area contributed by atoms with Gasteiger partial charge >= 0.3 is 0 Å². The summed E-state index contributed by atoms with van der Waals surface area (Å²) in [7, 11) is 0. The Labute approximate surface area is 460 Å². The zero-order valence-electron chi connectivity index (χ0n) is 47.8. The molecule has 1 heterocycles. The molecule has 0 amide bonds. The summed E-state index contributed by atoms with van der Waals surface area (Å²) in [5.41, 5.74) is 25.3. The van der Waals surface area contributed by atoms with Gasteiger partial charge in [0.25, 0.3) is 0 Å². The molecule has 0 aliphatic heterocycles. The molecule has 2 nitrogen and oxygen atoms in total. The van der Waals surface area contributed by atoms with Crippen molar-refractivity contribution in [3.8, 4) is 22.3 Å². The average Bonchev–Trinajstić information content (AvgIpc) is 4.28. The van der Waals surface area contributed by atoms with Crippen molar-refractivity contribution in [1.82, 2.24) is 4.57 Å². The van der Waals surface area contributed by atoms with Crippen molar-refractivity contribution in [3.63, 3.8) is 0 Å². The van der Waals surface area contributed by atoms with Crippen LogP contribution in [0, 0.1) is 27.7 Å². The zero-order chi connectivity index (χ0) is 54.4. The minimum absolute atomic E-state index is 0.278. The highest BCUT2D eigenvalue weighted by Gasteiger charge is 2.42. The Bertz CT molecular complexity index is 3830. The van der Waals surface area contributed by atoms with Crippen molar-refractivity contribution in [2.45, 2.75) is 114 Å². The maximum atomic E-state index is 2.49. The molecule has 0 spiro atoms. The molecule has 13 rings (SSSR count). The van der Waals surface area contributed by atoms with Gasteiger partial charge in [-0.25, -0.2) is 0 Å². The highest BCUT2D eigenvalue weighted by Crippen LogP contribution is 2.57. The standard InChI is InChI=1S/C40H35N.C16H17N.C15H14.2C2H6/c1-5-29-14-12-18-32(25-29)41(31-17-11-13-27(2)23-31)38-26-37-39(34-20-10-9-19-33(34)38)35-22-21-28(3)24-36(35)40(37,4)30-15-7-6-8-16-30;1-3-10-17-15-7-5-4-6-13(15)14-9-8-12(2)11-16(14)17;1-10-6-5-9-14-13-8-4-3-7-12(13)11(2)15(10)14;2*1-2/h6-26H,5H2,1-4H3;4-9,11H,3,10H2,1-2H3;3-9,11H,1-2H3;2*1-2H3. The van der Waals surface area contributed by atoms with E-state index in [0.29, 0.717) is 5.92 Å². The minimum Gasteiger partial charge on any atom is -0.340 e. The molecule has 2 heteroatoms. The summed E-state index contributed by atoms with van der Waals surface area (Å²) >= 11 is 0. The molecular weight excluding hydrogens is 929 g/mol. The topological polar surface area (TPSA) is 8.17 Å². The maximum Gasteiger partial charge on any atom is 0.0543 e. The molecule has 2 atom stereocenters. The van der Waals surface area contributed by atoms with E-state index >= 15 is 0 Å². The monoisotopic (exact) mass is 1010 g/mol. The number of aryl methyl sites for hydroxylation is 6. The third kappa shape index (κ3) is 10.0. The molecular formula is C75H78N2. The largest absolute Gasteiger partial charge is 0.340 e. The smallest absolute Gasteiger partial charge is 0.0543 e. The van der Waals surface area contributed by atoms with E-state index in [0.717, 1.165) is 13.0 Å².